The Morgan fingerprint density at radius 2 is 0.848 bits per heavy atom. The lowest BCUT2D eigenvalue weighted by molar-refractivity contribution is -0.929. The summed E-state index contributed by atoms with van der Waals surface area (Å²) in [5.41, 5.74) is -0.156. The molecule has 0 saturated heterocycles. The SMILES string of the molecule is CCCCCC[N+](CCCCCC)(CCCCCC)CCCCCC.O=C([O-])c1ccc(S(=O)(=O)c2ccc(C(=O)O)cc2)cc1. The average Bonchev–Trinajstić information content (AvgIpc) is 3.06. The van der Waals surface area contributed by atoms with E-state index in [4.69, 9.17) is 5.11 Å². The molecule has 2 aromatic carbocycles. The normalized spacial score (nSPS) is 11.6. The molecule has 0 radical (unpaired) electrons. The molecule has 46 heavy (non-hydrogen) atoms. The van der Waals surface area contributed by atoms with Gasteiger partial charge in [0.25, 0.3) is 0 Å². The standard InChI is InChI=1S/C24H52N.C14H10O6S/c1-5-9-13-17-21-25(22-18-14-10-6-2,23-19-15-11-7-3)24-20-16-12-8-4;15-13(16)9-1-5-11(6-2-9)21(19,20)12-7-3-10(4-8-12)14(17)18/h5-24H2,1-4H3;1-8H,(H,15,16)(H,17,18)/q+1;/p-1. The number of hydrogen-bond acceptors (Lipinski definition) is 5. The smallest absolute Gasteiger partial charge is 0.335 e. The van der Waals surface area contributed by atoms with Gasteiger partial charge in [0.2, 0.25) is 9.84 Å². The van der Waals surface area contributed by atoms with Gasteiger partial charge in [0.05, 0.1) is 47.5 Å². The molecular formula is C38H61NO6S. The number of hydrogen-bond donors (Lipinski definition) is 1. The maximum absolute atomic E-state index is 12.3. The number of carboxylic acid groups (broad SMARTS) is 2. The summed E-state index contributed by atoms with van der Waals surface area (Å²) in [5.74, 6) is -2.55. The monoisotopic (exact) mass is 659 g/mol. The van der Waals surface area contributed by atoms with Crippen LogP contribution >= 0.6 is 0 Å². The molecule has 8 heteroatoms. The van der Waals surface area contributed by atoms with E-state index in [1.807, 2.05) is 0 Å². The first-order valence-electron chi connectivity index (χ1n) is 17.8. The number of aromatic carboxylic acids is 2. The first-order valence-corrected chi connectivity index (χ1v) is 19.3. The predicted octanol–water partition coefficient (Wildman–Crippen LogP) is 8.71. The van der Waals surface area contributed by atoms with Gasteiger partial charge >= 0.3 is 5.97 Å². The molecule has 0 bridgehead atoms. The Kier molecular flexibility index (Phi) is 21.2. The van der Waals surface area contributed by atoms with Gasteiger partial charge in [-0.3, -0.25) is 0 Å². The van der Waals surface area contributed by atoms with Crippen LogP contribution in [0.15, 0.2) is 58.3 Å². The van der Waals surface area contributed by atoms with Crippen molar-refractivity contribution in [3.8, 4) is 0 Å². The van der Waals surface area contributed by atoms with Crippen molar-refractivity contribution in [2.24, 2.45) is 0 Å². The second-order valence-electron chi connectivity index (χ2n) is 12.6. The lowest BCUT2D eigenvalue weighted by Crippen LogP contribution is -2.50. The third-order valence-corrected chi connectivity index (χ3v) is 10.5. The summed E-state index contributed by atoms with van der Waals surface area (Å²) in [6.45, 7) is 15.2. The van der Waals surface area contributed by atoms with Crippen molar-refractivity contribution >= 4 is 21.8 Å². The zero-order valence-corrected chi connectivity index (χ0v) is 29.9. The van der Waals surface area contributed by atoms with Crippen molar-refractivity contribution in [3.63, 3.8) is 0 Å². The largest absolute Gasteiger partial charge is 0.545 e. The number of quaternary nitrogens is 1. The van der Waals surface area contributed by atoms with E-state index < -0.39 is 21.8 Å². The number of carbonyl (C=O) groups is 2. The summed E-state index contributed by atoms with van der Waals surface area (Å²) >= 11 is 0. The maximum atomic E-state index is 12.3. The lowest BCUT2D eigenvalue weighted by atomic mass is 10.1. The molecule has 0 saturated carbocycles. The van der Waals surface area contributed by atoms with E-state index in [0.29, 0.717) is 0 Å². The Morgan fingerprint density at radius 3 is 1.11 bits per heavy atom. The molecule has 2 aromatic rings. The van der Waals surface area contributed by atoms with Crippen molar-refractivity contribution < 1.29 is 32.7 Å². The Labute approximate surface area is 279 Å². The third-order valence-electron chi connectivity index (χ3n) is 8.76. The van der Waals surface area contributed by atoms with Gasteiger partial charge in [-0.05, 0) is 93.3 Å². The van der Waals surface area contributed by atoms with Crippen LogP contribution in [-0.4, -0.2) is 56.1 Å². The molecule has 0 aliphatic carbocycles. The molecular weight excluding hydrogens is 598 g/mol. The van der Waals surface area contributed by atoms with Crippen LogP contribution in [0.2, 0.25) is 0 Å². The zero-order valence-electron chi connectivity index (χ0n) is 29.1. The number of unbranched alkanes of at least 4 members (excludes halogenated alkanes) is 12. The predicted molar refractivity (Wildman–Crippen MR) is 186 cm³/mol. The molecule has 7 nitrogen and oxygen atoms in total. The Bertz CT molecular complexity index is 1090. The van der Waals surface area contributed by atoms with Crippen LogP contribution in [0.25, 0.3) is 0 Å². The van der Waals surface area contributed by atoms with Gasteiger partial charge in [-0.2, -0.15) is 0 Å². The van der Waals surface area contributed by atoms with Gasteiger partial charge < -0.3 is 19.5 Å². The average molecular weight is 660 g/mol. The van der Waals surface area contributed by atoms with Crippen LogP contribution in [0.3, 0.4) is 0 Å². The van der Waals surface area contributed by atoms with Crippen LogP contribution in [0.4, 0.5) is 0 Å². The summed E-state index contributed by atoms with van der Waals surface area (Å²) in [6, 6.07) is 9.32. The third kappa shape index (κ3) is 15.7. The van der Waals surface area contributed by atoms with E-state index in [-0.39, 0.29) is 20.9 Å². The first kappa shape index (κ1) is 41.3. The van der Waals surface area contributed by atoms with Crippen LogP contribution < -0.4 is 5.11 Å². The summed E-state index contributed by atoms with van der Waals surface area (Å²) in [4.78, 5) is 21.2. The highest BCUT2D eigenvalue weighted by molar-refractivity contribution is 7.91. The summed E-state index contributed by atoms with van der Waals surface area (Å²) in [5, 5.41) is 19.4. The fourth-order valence-electron chi connectivity index (χ4n) is 5.85. The molecule has 0 aliphatic heterocycles. The van der Waals surface area contributed by atoms with Crippen LogP contribution in [0.1, 0.15) is 151 Å². The van der Waals surface area contributed by atoms with Gasteiger partial charge in [0.1, 0.15) is 0 Å². The summed E-state index contributed by atoms with van der Waals surface area (Å²) in [7, 11) is -3.83. The molecule has 0 atom stereocenters. The van der Waals surface area contributed by atoms with Gasteiger partial charge in [0, 0.05) is 0 Å². The summed E-state index contributed by atoms with van der Waals surface area (Å²) in [6.07, 6.45) is 22.8. The van der Waals surface area contributed by atoms with Crippen LogP contribution in [-0.2, 0) is 9.84 Å². The number of benzene rings is 2. The number of carbonyl (C=O) groups excluding carboxylic acids is 1. The molecule has 0 aliphatic rings. The molecule has 0 spiro atoms. The number of rotatable bonds is 24. The fourth-order valence-corrected chi connectivity index (χ4v) is 7.11. The highest BCUT2D eigenvalue weighted by Crippen LogP contribution is 2.22. The maximum Gasteiger partial charge on any atom is 0.335 e. The van der Waals surface area contributed by atoms with Crippen LogP contribution in [0, 0.1) is 0 Å². The second kappa shape index (κ2) is 23.6. The Balaban J connectivity index is 0.000000465. The molecule has 0 unspecified atom stereocenters. The van der Waals surface area contributed by atoms with Crippen molar-refractivity contribution in [2.45, 2.75) is 140 Å². The van der Waals surface area contributed by atoms with Crippen LogP contribution in [0.5, 0.6) is 0 Å². The van der Waals surface area contributed by atoms with E-state index in [0.717, 1.165) is 24.3 Å². The van der Waals surface area contributed by atoms with Crippen molar-refractivity contribution in [3.05, 3.63) is 59.7 Å². The Hall–Kier alpha value is -2.71. The minimum Gasteiger partial charge on any atom is -0.545 e. The van der Waals surface area contributed by atoms with E-state index in [9.17, 15) is 23.1 Å². The van der Waals surface area contributed by atoms with E-state index in [1.54, 1.807) is 0 Å². The molecule has 2 rings (SSSR count). The number of sulfone groups is 1. The van der Waals surface area contributed by atoms with E-state index >= 15 is 0 Å². The summed E-state index contributed by atoms with van der Waals surface area (Å²) < 4.78 is 26.0. The Morgan fingerprint density at radius 1 is 0.543 bits per heavy atom. The highest BCUT2D eigenvalue weighted by Gasteiger charge is 2.25. The van der Waals surface area contributed by atoms with E-state index in [2.05, 4.69) is 27.7 Å². The lowest BCUT2D eigenvalue weighted by Gasteiger charge is -2.39. The van der Waals surface area contributed by atoms with Gasteiger partial charge in [0.15, 0.2) is 0 Å². The quantitative estimate of drug-likeness (QED) is 0.0891. The zero-order chi connectivity index (χ0) is 34.3. The molecule has 260 valence electrons. The topological polar surface area (TPSA) is 112 Å². The van der Waals surface area contributed by atoms with E-state index in [1.165, 1.54) is 158 Å². The second-order valence-corrected chi connectivity index (χ2v) is 14.6. The number of nitrogens with zero attached hydrogens (tertiary/aromatic N) is 1. The molecule has 0 aromatic heterocycles. The van der Waals surface area contributed by atoms with Crippen molar-refractivity contribution in [2.75, 3.05) is 26.2 Å². The molecule has 0 amide bonds. The molecule has 1 N–H and O–H groups in total. The highest BCUT2D eigenvalue weighted by atomic mass is 32.2. The molecule has 0 fully saturated rings. The van der Waals surface area contributed by atoms with Crippen molar-refractivity contribution in [1.82, 2.24) is 0 Å². The minimum absolute atomic E-state index is 0.0266. The minimum atomic E-state index is -3.83. The van der Waals surface area contributed by atoms with Crippen molar-refractivity contribution in [1.29, 1.82) is 0 Å². The number of carboxylic acids is 2. The fraction of sp³-hybridized carbons (Fsp3) is 0.632. The molecule has 0 heterocycles. The first-order chi connectivity index (χ1) is 22.1. The van der Waals surface area contributed by atoms with Gasteiger partial charge in [-0.15, -0.1) is 0 Å². The van der Waals surface area contributed by atoms with Gasteiger partial charge in [-0.1, -0.05) is 91.2 Å². The van der Waals surface area contributed by atoms with Gasteiger partial charge in [-0.25, -0.2) is 13.2 Å².